The Labute approximate surface area is 184 Å². The minimum absolute atomic E-state index is 0.164. The molecule has 0 aliphatic rings. The maximum Gasteiger partial charge on any atom is 0.251 e. The van der Waals surface area contributed by atoms with Crippen molar-refractivity contribution in [2.24, 2.45) is 0 Å². The highest BCUT2D eigenvalue weighted by Crippen LogP contribution is 2.28. The lowest BCUT2D eigenvalue weighted by molar-refractivity contribution is 0.0951. The van der Waals surface area contributed by atoms with Crippen LogP contribution in [-0.4, -0.2) is 20.6 Å². The predicted octanol–water partition coefficient (Wildman–Crippen LogP) is 4.51. The van der Waals surface area contributed by atoms with Crippen molar-refractivity contribution in [2.45, 2.75) is 33.9 Å². The molecule has 5 nitrogen and oxygen atoms in total. The van der Waals surface area contributed by atoms with Crippen LogP contribution in [0.5, 0.6) is 0 Å². The van der Waals surface area contributed by atoms with Crippen LogP contribution in [0.25, 0.3) is 0 Å². The van der Waals surface area contributed by atoms with Crippen molar-refractivity contribution in [1.29, 1.82) is 0 Å². The van der Waals surface area contributed by atoms with Crippen molar-refractivity contribution >= 4 is 21.6 Å². The number of rotatable bonds is 7. The summed E-state index contributed by atoms with van der Waals surface area (Å²) in [5.41, 5.74) is 6.04. The number of hydrogen-bond donors (Lipinski definition) is 1. The monoisotopic (exact) mass is 436 g/mol. The Morgan fingerprint density at radius 2 is 1.48 bits per heavy atom. The van der Waals surface area contributed by atoms with Crippen LogP contribution in [0, 0.1) is 20.8 Å². The second-order valence-corrected chi connectivity index (χ2v) is 9.79. The molecule has 6 heteroatoms. The first-order chi connectivity index (χ1) is 14.6. The Balaban J connectivity index is 1.74. The minimum Gasteiger partial charge on any atom is -0.348 e. The molecule has 3 rings (SSSR count). The summed E-state index contributed by atoms with van der Waals surface area (Å²) in [7, 11) is -3.48. The molecule has 0 spiro atoms. The summed E-state index contributed by atoms with van der Waals surface area (Å²) in [5, 5.41) is 2.92. The van der Waals surface area contributed by atoms with E-state index in [-0.39, 0.29) is 12.5 Å². The topological polar surface area (TPSA) is 66.5 Å². The van der Waals surface area contributed by atoms with E-state index in [9.17, 15) is 13.2 Å². The first-order valence-electron chi connectivity index (χ1n) is 10.1. The lowest BCUT2D eigenvalue weighted by Crippen LogP contribution is -2.30. The predicted molar refractivity (Wildman–Crippen MR) is 126 cm³/mol. The van der Waals surface area contributed by atoms with Crippen LogP contribution in [0.2, 0.25) is 0 Å². The summed E-state index contributed by atoms with van der Waals surface area (Å²) in [6.45, 7) is 6.49. The molecule has 31 heavy (non-hydrogen) atoms. The molecular weight excluding hydrogens is 408 g/mol. The molecule has 0 aromatic heterocycles. The highest BCUT2D eigenvalue weighted by Gasteiger charge is 2.21. The summed E-state index contributed by atoms with van der Waals surface area (Å²) >= 11 is 0. The van der Waals surface area contributed by atoms with Gasteiger partial charge < -0.3 is 5.32 Å². The molecule has 0 radical (unpaired) electrons. The van der Waals surface area contributed by atoms with Crippen molar-refractivity contribution in [1.82, 2.24) is 5.32 Å². The molecule has 3 aromatic carbocycles. The van der Waals surface area contributed by atoms with E-state index in [0.29, 0.717) is 17.8 Å². The van der Waals surface area contributed by atoms with Gasteiger partial charge in [0.15, 0.2) is 0 Å². The number of aryl methyl sites for hydroxylation is 3. The van der Waals surface area contributed by atoms with Gasteiger partial charge in [-0.25, -0.2) is 8.42 Å². The molecule has 1 N–H and O–H groups in total. The first kappa shape index (κ1) is 22.6. The highest BCUT2D eigenvalue weighted by atomic mass is 32.2. The number of nitrogens with one attached hydrogen (secondary N) is 1. The van der Waals surface area contributed by atoms with E-state index in [0.717, 1.165) is 27.8 Å². The van der Waals surface area contributed by atoms with E-state index in [1.807, 2.05) is 63.2 Å². The number of anilines is 1. The Morgan fingerprint density at radius 3 is 2.06 bits per heavy atom. The maximum absolute atomic E-state index is 12.5. The molecule has 0 heterocycles. The quantitative estimate of drug-likeness (QED) is 0.593. The zero-order valence-electron chi connectivity index (χ0n) is 18.3. The van der Waals surface area contributed by atoms with Gasteiger partial charge in [-0.3, -0.25) is 9.10 Å². The van der Waals surface area contributed by atoms with Gasteiger partial charge in [-0.2, -0.15) is 0 Å². The lowest BCUT2D eigenvalue weighted by atomic mass is 10.1. The van der Waals surface area contributed by atoms with Gasteiger partial charge in [-0.1, -0.05) is 60.2 Å². The normalized spacial score (nSPS) is 11.2. The van der Waals surface area contributed by atoms with Crippen LogP contribution in [0.1, 0.15) is 38.2 Å². The van der Waals surface area contributed by atoms with Gasteiger partial charge in [-0.15, -0.1) is 0 Å². The first-order valence-corrected chi connectivity index (χ1v) is 12.0. The fourth-order valence-corrected chi connectivity index (χ4v) is 4.60. The number of benzene rings is 3. The fraction of sp³-hybridized carbons (Fsp3) is 0.240. The number of nitrogens with zero attached hydrogens (tertiary/aromatic N) is 1. The molecule has 0 bridgehead atoms. The molecule has 0 saturated carbocycles. The number of hydrogen-bond acceptors (Lipinski definition) is 3. The standard InChI is InChI=1S/C25H28N2O3S/c1-18-7-5-10-22(15-18)16-26-25(28)23-13-11-21(12-14-23)17-27(31(4,29)30)24-19(2)8-6-9-20(24)3/h5-15H,16-17H2,1-4H3,(H,26,28). The maximum atomic E-state index is 12.5. The SMILES string of the molecule is Cc1cccc(CNC(=O)c2ccc(CN(c3c(C)cccc3C)S(C)(=O)=O)cc2)c1. The zero-order valence-corrected chi connectivity index (χ0v) is 19.2. The molecule has 0 fully saturated rings. The summed E-state index contributed by atoms with van der Waals surface area (Å²) in [6.07, 6.45) is 1.21. The molecule has 162 valence electrons. The van der Waals surface area contributed by atoms with Crippen molar-refractivity contribution < 1.29 is 13.2 Å². The van der Waals surface area contributed by atoms with Crippen LogP contribution in [0.3, 0.4) is 0 Å². The summed E-state index contributed by atoms with van der Waals surface area (Å²) in [4.78, 5) is 12.5. The van der Waals surface area contributed by atoms with E-state index in [2.05, 4.69) is 5.32 Å². The Bertz CT molecular complexity index is 1170. The third-order valence-corrected chi connectivity index (χ3v) is 6.28. The summed E-state index contributed by atoms with van der Waals surface area (Å²) in [6, 6.07) is 20.8. The number of amides is 1. The summed E-state index contributed by atoms with van der Waals surface area (Å²) < 4.78 is 26.5. The lowest BCUT2D eigenvalue weighted by Gasteiger charge is -2.26. The van der Waals surface area contributed by atoms with E-state index < -0.39 is 10.0 Å². The van der Waals surface area contributed by atoms with Crippen molar-refractivity contribution in [2.75, 3.05) is 10.6 Å². The van der Waals surface area contributed by atoms with Crippen LogP contribution >= 0.6 is 0 Å². The molecule has 0 unspecified atom stereocenters. The Morgan fingerprint density at radius 1 is 0.871 bits per heavy atom. The average molecular weight is 437 g/mol. The van der Waals surface area contributed by atoms with Crippen LogP contribution in [0.15, 0.2) is 66.7 Å². The second-order valence-electron chi connectivity index (χ2n) is 7.88. The average Bonchev–Trinajstić information content (AvgIpc) is 2.71. The van der Waals surface area contributed by atoms with Crippen molar-refractivity contribution in [3.05, 3.63) is 100 Å². The molecule has 1 amide bonds. The zero-order chi connectivity index (χ0) is 22.6. The molecule has 0 aliphatic heterocycles. The number of para-hydroxylation sites is 1. The van der Waals surface area contributed by atoms with E-state index in [4.69, 9.17) is 0 Å². The largest absolute Gasteiger partial charge is 0.348 e. The van der Waals surface area contributed by atoms with Crippen LogP contribution in [-0.2, 0) is 23.1 Å². The van der Waals surface area contributed by atoms with Gasteiger partial charge >= 0.3 is 0 Å². The molecule has 3 aromatic rings. The molecular formula is C25H28N2O3S. The van der Waals surface area contributed by atoms with E-state index in [1.165, 1.54) is 10.6 Å². The van der Waals surface area contributed by atoms with Gasteiger partial charge in [0.1, 0.15) is 0 Å². The number of carbonyl (C=O) groups excluding carboxylic acids is 1. The number of sulfonamides is 1. The van der Waals surface area contributed by atoms with Gasteiger partial charge in [0, 0.05) is 12.1 Å². The van der Waals surface area contributed by atoms with Gasteiger partial charge in [0.2, 0.25) is 10.0 Å². The third-order valence-electron chi connectivity index (χ3n) is 5.17. The third kappa shape index (κ3) is 5.73. The fourth-order valence-electron chi connectivity index (χ4n) is 3.60. The van der Waals surface area contributed by atoms with Gasteiger partial charge in [-0.05, 0) is 55.2 Å². The minimum atomic E-state index is -3.48. The molecule has 0 atom stereocenters. The number of carbonyl (C=O) groups is 1. The van der Waals surface area contributed by atoms with Crippen molar-refractivity contribution in [3.8, 4) is 0 Å². The van der Waals surface area contributed by atoms with E-state index in [1.54, 1.807) is 24.3 Å². The molecule has 0 saturated heterocycles. The smallest absolute Gasteiger partial charge is 0.251 e. The molecule has 0 aliphatic carbocycles. The second kappa shape index (κ2) is 9.35. The summed E-state index contributed by atoms with van der Waals surface area (Å²) in [5.74, 6) is -0.164. The van der Waals surface area contributed by atoms with Gasteiger partial charge in [0.05, 0.1) is 18.5 Å². The Kier molecular flexibility index (Phi) is 6.81. The van der Waals surface area contributed by atoms with Crippen molar-refractivity contribution in [3.63, 3.8) is 0 Å². The van der Waals surface area contributed by atoms with Gasteiger partial charge in [0.25, 0.3) is 5.91 Å². The van der Waals surface area contributed by atoms with Crippen LogP contribution < -0.4 is 9.62 Å². The van der Waals surface area contributed by atoms with E-state index >= 15 is 0 Å². The highest BCUT2D eigenvalue weighted by molar-refractivity contribution is 7.92. The Hall–Kier alpha value is -3.12. The van der Waals surface area contributed by atoms with Crippen LogP contribution in [0.4, 0.5) is 5.69 Å².